The van der Waals surface area contributed by atoms with E-state index in [1.165, 1.54) is 12.5 Å². The lowest BCUT2D eigenvalue weighted by molar-refractivity contribution is 0.0546. The molecule has 3 N–H and O–H groups in total. The van der Waals surface area contributed by atoms with Crippen molar-refractivity contribution in [2.24, 2.45) is 10.7 Å². The summed E-state index contributed by atoms with van der Waals surface area (Å²) in [6, 6.07) is 17.8. The van der Waals surface area contributed by atoms with Crippen molar-refractivity contribution in [2.75, 3.05) is 13.1 Å². The molecular weight excluding hydrogens is 529 g/mol. The molecule has 1 heterocycles. The van der Waals surface area contributed by atoms with Gasteiger partial charge in [0.25, 0.3) is 5.91 Å². The number of aliphatic hydroxyl groups excluding tert-OH is 1. The lowest BCUT2D eigenvalue weighted by atomic mass is 9.96. The summed E-state index contributed by atoms with van der Waals surface area (Å²) < 4.78 is 21.1. The van der Waals surface area contributed by atoms with E-state index in [9.17, 15) is 9.90 Å². The van der Waals surface area contributed by atoms with Gasteiger partial charge in [0, 0.05) is 29.7 Å². The second-order valence-corrected chi connectivity index (χ2v) is 11.1. The average molecular weight is 564 g/mol. The molecule has 0 aromatic heterocycles. The first-order chi connectivity index (χ1) is 19.4. The van der Waals surface area contributed by atoms with Gasteiger partial charge in [-0.1, -0.05) is 49.1 Å². The van der Waals surface area contributed by atoms with Crippen LogP contribution in [0.3, 0.4) is 0 Å². The van der Waals surface area contributed by atoms with Crippen LogP contribution >= 0.6 is 11.6 Å². The number of carbonyl (C=O) groups is 1. The van der Waals surface area contributed by atoms with E-state index in [1.54, 1.807) is 17.0 Å². The molecule has 8 heteroatoms. The van der Waals surface area contributed by atoms with Crippen LogP contribution in [0.1, 0.15) is 66.4 Å². The van der Waals surface area contributed by atoms with Gasteiger partial charge in [0.15, 0.2) is 0 Å². The highest BCUT2D eigenvalue weighted by Gasteiger charge is 2.23. The quantitative estimate of drug-likeness (QED) is 0.259. The van der Waals surface area contributed by atoms with Crippen molar-refractivity contribution in [3.05, 3.63) is 88.2 Å². The molecule has 1 aliphatic heterocycles. The van der Waals surface area contributed by atoms with Crippen molar-refractivity contribution < 1.29 is 19.0 Å². The van der Waals surface area contributed by atoms with E-state index in [0.29, 0.717) is 42.3 Å². The van der Waals surface area contributed by atoms with Crippen LogP contribution in [0.25, 0.3) is 11.1 Å². The van der Waals surface area contributed by atoms with Crippen LogP contribution in [0.15, 0.2) is 65.7 Å². The second-order valence-electron chi connectivity index (χ2n) is 10.6. The standard InChI is InChI=1S/C32H35ClFN3O3/c33-24-9-6-21(7-10-24)28-12-8-22(32(39)37-16-14-26(38)15-17-37)18-23(28)20-40-27-11-13-29(30(34)19-27)31(35)36-25-4-2-1-3-5-25/h6-13,18-19,25-26,38H,1-5,14-17,20H2,(H2,35,36). The minimum atomic E-state index is -0.483. The first-order valence-corrected chi connectivity index (χ1v) is 14.4. The summed E-state index contributed by atoms with van der Waals surface area (Å²) in [6.07, 6.45) is 6.23. The smallest absolute Gasteiger partial charge is 0.253 e. The van der Waals surface area contributed by atoms with E-state index in [4.69, 9.17) is 22.1 Å². The Morgan fingerprint density at radius 2 is 1.73 bits per heavy atom. The Bertz CT molecular complexity index is 1360. The van der Waals surface area contributed by atoms with Crippen molar-refractivity contribution in [1.29, 1.82) is 0 Å². The summed E-state index contributed by atoms with van der Waals surface area (Å²) in [6.45, 7) is 1.16. The van der Waals surface area contributed by atoms with Crippen molar-refractivity contribution in [3.63, 3.8) is 0 Å². The van der Waals surface area contributed by atoms with Gasteiger partial charge in [-0.05, 0) is 78.8 Å². The zero-order valence-electron chi connectivity index (χ0n) is 22.5. The average Bonchev–Trinajstić information content (AvgIpc) is 2.97. The van der Waals surface area contributed by atoms with Gasteiger partial charge in [-0.3, -0.25) is 9.79 Å². The second kappa shape index (κ2) is 12.8. The molecule has 1 saturated carbocycles. The van der Waals surface area contributed by atoms with Gasteiger partial charge in [0.2, 0.25) is 0 Å². The molecule has 0 bridgehead atoms. The molecule has 0 atom stereocenters. The first kappa shape index (κ1) is 28.1. The molecule has 210 valence electrons. The molecule has 6 nitrogen and oxygen atoms in total. The Labute approximate surface area is 239 Å². The molecule has 0 spiro atoms. The topological polar surface area (TPSA) is 88.2 Å². The van der Waals surface area contributed by atoms with Crippen LogP contribution in [0, 0.1) is 5.82 Å². The number of likely N-dealkylation sites (tertiary alicyclic amines) is 1. The Kier molecular flexibility index (Phi) is 9.02. The molecule has 0 unspecified atom stereocenters. The predicted molar refractivity (Wildman–Crippen MR) is 156 cm³/mol. The molecule has 5 rings (SSSR count). The molecule has 2 fully saturated rings. The zero-order chi connectivity index (χ0) is 28.1. The summed E-state index contributed by atoms with van der Waals surface area (Å²) in [5.41, 5.74) is 9.58. The maximum absolute atomic E-state index is 15.0. The number of amides is 1. The van der Waals surface area contributed by atoms with Crippen LogP contribution < -0.4 is 10.5 Å². The first-order valence-electron chi connectivity index (χ1n) is 14.0. The van der Waals surface area contributed by atoms with Gasteiger partial charge >= 0.3 is 0 Å². The minimum absolute atomic E-state index is 0.0843. The van der Waals surface area contributed by atoms with E-state index in [1.807, 2.05) is 42.5 Å². The number of rotatable bonds is 7. The SMILES string of the molecule is NC(=NC1CCCCC1)c1ccc(OCc2cc(C(=O)N3CCC(O)CC3)ccc2-c2ccc(Cl)cc2)cc1F. The van der Waals surface area contributed by atoms with Gasteiger partial charge in [0.05, 0.1) is 17.7 Å². The van der Waals surface area contributed by atoms with E-state index >= 15 is 4.39 Å². The molecular formula is C32H35ClFN3O3. The molecule has 2 aliphatic rings. The summed E-state index contributed by atoms with van der Waals surface area (Å²) in [7, 11) is 0. The molecule has 1 amide bonds. The maximum atomic E-state index is 15.0. The third kappa shape index (κ3) is 6.83. The van der Waals surface area contributed by atoms with E-state index in [2.05, 4.69) is 4.99 Å². The van der Waals surface area contributed by atoms with Crippen LogP contribution in [-0.2, 0) is 6.61 Å². The van der Waals surface area contributed by atoms with Gasteiger partial charge in [-0.2, -0.15) is 0 Å². The fourth-order valence-electron chi connectivity index (χ4n) is 5.44. The minimum Gasteiger partial charge on any atom is -0.489 e. The number of hydrogen-bond donors (Lipinski definition) is 2. The summed E-state index contributed by atoms with van der Waals surface area (Å²) in [5.74, 6) is 0.00979. The van der Waals surface area contributed by atoms with Crippen molar-refractivity contribution in [1.82, 2.24) is 4.90 Å². The van der Waals surface area contributed by atoms with Gasteiger partial charge in [-0.25, -0.2) is 4.39 Å². The Hall–Kier alpha value is -3.42. The summed E-state index contributed by atoms with van der Waals surface area (Å²) >= 11 is 6.10. The number of ether oxygens (including phenoxy) is 1. The van der Waals surface area contributed by atoms with Crippen LogP contribution in [-0.4, -0.2) is 47.0 Å². The highest BCUT2D eigenvalue weighted by molar-refractivity contribution is 6.30. The number of aliphatic imine (C=N–C) groups is 1. The number of benzene rings is 3. The number of halogens is 2. The van der Waals surface area contributed by atoms with Crippen LogP contribution in [0.5, 0.6) is 5.75 Å². The maximum Gasteiger partial charge on any atom is 0.253 e. The highest BCUT2D eigenvalue weighted by Crippen LogP contribution is 2.29. The Morgan fingerprint density at radius 3 is 2.42 bits per heavy atom. The molecule has 3 aromatic rings. The molecule has 0 radical (unpaired) electrons. The zero-order valence-corrected chi connectivity index (χ0v) is 23.2. The van der Waals surface area contributed by atoms with Crippen LogP contribution in [0.4, 0.5) is 4.39 Å². The van der Waals surface area contributed by atoms with Gasteiger partial charge in [0.1, 0.15) is 24.0 Å². The third-order valence-electron chi connectivity index (χ3n) is 7.77. The largest absolute Gasteiger partial charge is 0.489 e. The number of piperidine rings is 1. The molecule has 1 saturated heterocycles. The van der Waals surface area contributed by atoms with Gasteiger partial charge < -0.3 is 20.5 Å². The normalized spacial score (nSPS) is 17.2. The Morgan fingerprint density at radius 1 is 1.00 bits per heavy atom. The number of aliphatic hydroxyl groups is 1. The third-order valence-corrected chi connectivity index (χ3v) is 8.02. The van der Waals surface area contributed by atoms with Crippen molar-refractivity contribution in [3.8, 4) is 16.9 Å². The fraction of sp³-hybridized carbons (Fsp3) is 0.375. The predicted octanol–water partition coefficient (Wildman–Crippen LogP) is 6.36. The lowest BCUT2D eigenvalue weighted by Crippen LogP contribution is -2.40. The fourth-order valence-corrected chi connectivity index (χ4v) is 5.57. The van der Waals surface area contributed by atoms with Crippen LogP contribution in [0.2, 0.25) is 5.02 Å². The number of carbonyl (C=O) groups excluding carboxylic acids is 1. The number of hydrogen-bond acceptors (Lipinski definition) is 4. The number of amidine groups is 1. The molecule has 1 aliphatic carbocycles. The lowest BCUT2D eigenvalue weighted by Gasteiger charge is -2.29. The molecule has 40 heavy (non-hydrogen) atoms. The van der Waals surface area contributed by atoms with Crippen molar-refractivity contribution in [2.45, 2.75) is 63.7 Å². The highest BCUT2D eigenvalue weighted by atomic mass is 35.5. The van der Waals surface area contributed by atoms with E-state index in [-0.39, 0.29) is 36.1 Å². The van der Waals surface area contributed by atoms with E-state index < -0.39 is 5.82 Å². The number of nitrogens with zero attached hydrogens (tertiary/aromatic N) is 2. The van der Waals surface area contributed by atoms with E-state index in [0.717, 1.165) is 42.4 Å². The number of nitrogens with two attached hydrogens (primary N) is 1. The van der Waals surface area contributed by atoms with Gasteiger partial charge in [-0.15, -0.1) is 0 Å². The Balaban J connectivity index is 1.36. The monoisotopic (exact) mass is 563 g/mol. The molecule has 3 aromatic carbocycles. The van der Waals surface area contributed by atoms with Crippen molar-refractivity contribution >= 4 is 23.3 Å². The summed E-state index contributed by atoms with van der Waals surface area (Å²) in [4.78, 5) is 19.6. The summed E-state index contributed by atoms with van der Waals surface area (Å²) in [5, 5.41) is 10.4.